The molecule has 0 amide bonds. The zero-order valence-corrected chi connectivity index (χ0v) is 9.94. The summed E-state index contributed by atoms with van der Waals surface area (Å²) >= 11 is 0. The van der Waals surface area contributed by atoms with Gasteiger partial charge in [-0.3, -0.25) is 0 Å². The molecule has 0 saturated carbocycles. The maximum Gasteiger partial charge on any atom is 0.0291 e. The molecule has 0 radical (unpaired) electrons. The Morgan fingerprint density at radius 3 is 2.07 bits per heavy atom. The summed E-state index contributed by atoms with van der Waals surface area (Å²) in [5.74, 6) is 0. The highest BCUT2D eigenvalue weighted by atomic mass is 14.9. The molecule has 1 heteroatoms. The van der Waals surface area contributed by atoms with Crippen molar-refractivity contribution in [3.05, 3.63) is 34.4 Å². The van der Waals surface area contributed by atoms with Crippen LogP contribution in [0.4, 0.5) is 0 Å². The van der Waals surface area contributed by atoms with Crippen LogP contribution in [0.15, 0.2) is 12.1 Å². The van der Waals surface area contributed by atoms with Crippen molar-refractivity contribution in [2.45, 2.75) is 40.7 Å². The predicted molar refractivity (Wildman–Crippen MR) is 62.7 cm³/mol. The van der Waals surface area contributed by atoms with Gasteiger partial charge in [0.2, 0.25) is 0 Å². The van der Waals surface area contributed by atoms with Gasteiger partial charge in [0, 0.05) is 6.04 Å². The molecule has 1 unspecified atom stereocenters. The number of rotatable bonds is 3. The average molecular weight is 191 g/mol. The molecule has 0 aliphatic rings. The van der Waals surface area contributed by atoms with Gasteiger partial charge in [-0.15, -0.1) is 0 Å². The van der Waals surface area contributed by atoms with Gasteiger partial charge in [0.05, 0.1) is 0 Å². The maximum atomic E-state index is 3.44. The van der Waals surface area contributed by atoms with Crippen molar-refractivity contribution in [2.75, 3.05) is 6.54 Å². The summed E-state index contributed by atoms with van der Waals surface area (Å²) in [6, 6.07) is 5.03. The van der Waals surface area contributed by atoms with E-state index in [1.54, 1.807) is 0 Å². The molecule has 0 aromatic heterocycles. The molecule has 1 aromatic rings. The molecular weight excluding hydrogens is 170 g/mol. The quantitative estimate of drug-likeness (QED) is 0.773. The molecule has 0 heterocycles. The third kappa shape index (κ3) is 2.36. The van der Waals surface area contributed by atoms with Crippen molar-refractivity contribution >= 4 is 0 Å². The van der Waals surface area contributed by atoms with E-state index in [0.29, 0.717) is 6.04 Å². The van der Waals surface area contributed by atoms with Gasteiger partial charge in [-0.25, -0.2) is 0 Å². The molecule has 0 bridgehead atoms. The van der Waals surface area contributed by atoms with Crippen LogP contribution in [0, 0.1) is 20.8 Å². The summed E-state index contributed by atoms with van der Waals surface area (Å²) in [4.78, 5) is 0. The standard InChI is InChI=1S/C13H21N/c1-6-14-12(5)13-7-9(2)11(4)10(3)8-13/h7-8,12,14H,6H2,1-5H3. The van der Waals surface area contributed by atoms with E-state index in [0.717, 1.165) is 6.54 Å². The topological polar surface area (TPSA) is 12.0 Å². The Morgan fingerprint density at radius 2 is 1.64 bits per heavy atom. The summed E-state index contributed by atoms with van der Waals surface area (Å²) in [7, 11) is 0. The summed E-state index contributed by atoms with van der Waals surface area (Å²) in [5, 5.41) is 3.44. The Labute approximate surface area is 87.5 Å². The first-order chi connectivity index (χ1) is 6.56. The number of nitrogens with one attached hydrogen (secondary N) is 1. The van der Waals surface area contributed by atoms with Crippen LogP contribution in [0.2, 0.25) is 0 Å². The Morgan fingerprint density at radius 1 is 1.14 bits per heavy atom. The molecule has 1 N–H and O–H groups in total. The molecule has 1 rings (SSSR count). The van der Waals surface area contributed by atoms with E-state index < -0.39 is 0 Å². The highest BCUT2D eigenvalue weighted by molar-refractivity contribution is 5.37. The second-order valence-corrected chi connectivity index (χ2v) is 4.06. The van der Waals surface area contributed by atoms with Crippen LogP contribution in [0.25, 0.3) is 0 Å². The van der Waals surface area contributed by atoms with E-state index in [2.05, 4.69) is 52.1 Å². The Kier molecular flexibility index (Phi) is 3.70. The van der Waals surface area contributed by atoms with E-state index in [4.69, 9.17) is 0 Å². The predicted octanol–water partition coefficient (Wildman–Crippen LogP) is 3.28. The van der Waals surface area contributed by atoms with E-state index in [-0.39, 0.29) is 0 Å². The molecule has 14 heavy (non-hydrogen) atoms. The molecule has 0 aliphatic carbocycles. The van der Waals surface area contributed by atoms with Crippen LogP contribution in [0.1, 0.15) is 42.1 Å². The zero-order valence-electron chi connectivity index (χ0n) is 9.94. The fourth-order valence-corrected chi connectivity index (χ4v) is 1.74. The van der Waals surface area contributed by atoms with Crippen LogP contribution in [0.3, 0.4) is 0 Å². The molecular formula is C13H21N. The van der Waals surface area contributed by atoms with Gasteiger partial charge in [-0.2, -0.15) is 0 Å². The first kappa shape index (κ1) is 11.3. The molecule has 78 valence electrons. The van der Waals surface area contributed by atoms with Crippen LogP contribution < -0.4 is 5.32 Å². The molecule has 0 fully saturated rings. The lowest BCUT2D eigenvalue weighted by atomic mass is 9.97. The summed E-state index contributed by atoms with van der Waals surface area (Å²) in [6.07, 6.45) is 0. The Hall–Kier alpha value is -0.820. The number of aryl methyl sites for hydroxylation is 2. The molecule has 1 atom stereocenters. The van der Waals surface area contributed by atoms with Crippen molar-refractivity contribution in [2.24, 2.45) is 0 Å². The third-order valence-corrected chi connectivity index (χ3v) is 2.96. The molecule has 0 aliphatic heterocycles. The molecule has 1 aromatic carbocycles. The summed E-state index contributed by atoms with van der Waals surface area (Å²) < 4.78 is 0. The van der Waals surface area contributed by atoms with Crippen molar-refractivity contribution in [1.82, 2.24) is 5.32 Å². The van der Waals surface area contributed by atoms with Crippen molar-refractivity contribution in [3.63, 3.8) is 0 Å². The lowest BCUT2D eigenvalue weighted by Gasteiger charge is -2.16. The average Bonchev–Trinajstić information content (AvgIpc) is 2.13. The third-order valence-electron chi connectivity index (χ3n) is 2.96. The Bertz CT molecular complexity index is 292. The normalized spacial score (nSPS) is 12.9. The van der Waals surface area contributed by atoms with Crippen molar-refractivity contribution in [1.29, 1.82) is 0 Å². The highest BCUT2D eigenvalue weighted by Crippen LogP contribution is 2.20. The molecule has 0 saturated heterocycles. The van der Waals surface area contributed by atoms with Crippen LogP contribution in [-0.2, 0) is 0 Å². The lowest BCUT2D eigenvalue weighted by molar-refractivity contribution is 0.597. The summed E-state index contributed by atoms with van der Waals surface area (Å²) in [6.45, 7) is 11.9. The zero-order chi connectivity index (χ0) is 10.7. The number of hydrogen-bond donors (Lipinski definition) is 1. The fourth-order valence-electron chi connectivity index (χ4n) is 1.74. The monoisotopic (exact) mass is 191 g/mol. The second-order valence-electron chi connectivity index (χ2n) is 4.06. The second kappa shape index (κ2) is 4.61. The minimum absolute atomic E-state index is 0.456. The molecule has 1 nitrogen and oxygen atoms in total. The van der Waals surface area contributed by atoms with E-state index >= 15 is 0 Å². The van der Waals surface area contributed by atoms with Gasteiger partial charge in [-0.1, -0.05) is 19.1 Å². The minimum atomic E-state index is 0.456. The lowest BCUT2D eigenvalue weighted by Crippen LogP contribution is -2.18. The van der Waals surface area contributed by atoms with Gasteiger partial charge in [0.15, 0.2) is 0 Å². The largest absolute Gasteiger partial charge is 0.310 e. The van der Waals surface area contributed by atoms with Gasteiger partial charge < -0.3 is 5.32 Å². The number of benzene rings is 1. The first-order valence-corrected chi connectivity index (χ1v) is 5.37. The van der Waals surface area contributed by atoms with Crippen LogP contribution in [-0.4, -0.2) is 6.54 Å². The van der Waals surface area contributed by atoms with Crippen molar-refractivity contribution < 1.29 is 0 Å². The smallest absolute Gasteiger partial charge is 0.0291 e. The van der Waals surface area contributed by atoms with E-state index in [1.165, 1.54) is 22.3 Å². The minimum Gasteiger partial charge on any atom is -0.310 e. The SMILES string of the molecule is CCNC(C)c1cc(C)c(C)c(C)c1. The number of hydrogen-bond acceptors (Lipinski definition) is 1. The maximum absolute atomic E-state index is 3.44. The molecule has 0 spiro atoms. The van der Waals surface area contributed by atoms with E-state index in [9.17, 15) is 0 Å². The van der Waals surface area contributed by atoms with Gasteiger partial charge in [0.1, 0.15) is 0 Å². The van der Waals surface area contributed by atoms with Gasteiger partial charge in [0.25, 0.3) is 0 Å². The van der Waals surface area contributed by atoms with Gasteiger partial charge >= 0.3 is 0 Å². The van der Waals surface area contributed by atoms with Crippen molar-refractivity contribution in [3.8, 4) is 0 Å². The fraction of sp³-hybridized carbons (Fsp3) is 0.538. The Balaban J connectivity index is 3.00. The van der Waals surface area contributed by atoms with Crippen LogP contribution in [0.5, 0.6) is 0 Å². The first-order valence-electron chi connectivity index (χ1n) is 5.37. The van der Waals surface area contributed by atoms with Crippen LogP contribution >= 0.6 is 0 Å². The van der Waals surface area contributed by atoms with E-state index in [1.807, 2.05) is 0 Å². The summed E-state index contributed by atoms with van der Waals surface area (Å²) in [5.41, 5.74) is 5.60. The van der Waals surface area contributed by atoms with Gasteiger partial charge in [-0.05, 0) is 56.5 Å². The highest BCUT2D eigenvalue weighted by Gasteiger charge is 2.06.